The van der Waals surface area contributed by atoms with Gasteiger partial charge in [-0.05, 0) is 41.5 Å². The summed E-state index contributed by atoms with van der Waals surface area (Å²) >= 11 is 0. The molecule has 0 aliphatic rings. The van der Waals surface area contributed by atoms with E-state index in [1.807, 2.05) is 0 Å². The zero-order valence-electron chi connectivity index (χ0n) is 9.75. The number of rotatable bonds is 3. The van der Waals surface area contributed by atoms with E-state index in [1.54, 1.807) is 37.4 Å². The summed E-state index contributed by atoms with van der Waals surface area (Å²) in [6.45, 7) is 0. The maximum atomic E-state index is 11.1. The summed E-state index contributed by atoms with van der Waals surface area (Å²) in [5, 5.41) is 18.4. The van der Waals surface area contributed by atoms with Gasteiger partial charge in [0.1, 0.15) is 11.5 Å². The van der Waals surface area contributed by atoms with E-state index in [4.69, 9.17) is 9.84 Å². The van der Waals surface area contributed by atoms with Gasteiger partial charge in [0.15, 0.2) is 0 Å². The maximum Gasteiger partial charge on any atom is 0.336 e. The molecule has 0 saturated carbocycles. The molecule has 0 atom stereocenters. The van der Waals surface area contributed by atoms with Crippen LogP contribution in [-0.2, 0) is 0 Å². The smallest absolute Gasteiger partial charge is 0.336 e. The molecule has 4 heteroatoms. The lowest BCUT2D eigenvalue weighted by molar-refractivity contribution is 0.0697. The summed E-state index contributed by atoms with van der Waals surface area (Å²) in [7, 11) is 1.57. The Bertz CT molecular complexity index is 573. The van der Waals surface area contributed by atoms with Gasteiger partial charge in [-0.3, -0.25) is 0 Å². The van der Waals surface area contributed by atoms with Crippen molar-refractivity contribution in [3.63, 3.8) is 0 Å². The average molecular weight is 244 g/mol. The van der Waals surface area contributed by atoms with Crippen LogP contribution in [0.4, 0.5) is 0 Å². The third kappa shape index (κ3) is 2.27. The van der Waals surface area contributed by atoms with Gasteiger partial charge in [-0.25, -0.2) is 4.79 Å². The first kappa shape index (κ1) is 12.0. The van der Waals surface area contributed by atoms with Crippen LogP contribution < -0.4 is 4.74 Å². The van der Waals surface area contributed by atoms with Crippen molar-refractivity contribution in [3.05, 3.63) is 48.0 Å². The van der Waals surface area contributed by atoms with E-state index in [2.05, 4.69) is 0 Å². The number of hydrogen-bond acceptors (Lipinski definition) is 3. The minimum Gasteiger partial charge on any atom is -0.508 e. The van der Waals surface area contributed by atoms with Crippen LogP contribution in [-0.4, -0.2) is 23.3 Å². The molecular formula is C14H12O4. The molecule has 0 bridgehead atoms. The SMILES string of the molecule is COc1ccc(-c2ccc(O)cc2C(=O)O)cc1. The molecule has 4 nitrogen and oxygen atoms in total. The predicted octanol–water partition coefficient (Wildman–Crippen LogP) is 2.77. The Morgan fingerprint density at radius 1 is 1.11 bits per heavy atom. The molecule has 0 radical (unpaired) electrons. The molecule has 0 heterocycles. The molecule has 0 aliphatic heterocycles. The van der Waals surface area contributed by atoms with Crippen molar-refractivity contribution in [2.24, 2.45) is 0 Å². The van der Waals surface area contributed by atoms with Crippen LogP contribution >= 0.6 is 0 Å². The van der Waals surface area contributed by atoms with Gasteiger partial charge < -0.3 is 14.9 Å². The fourth-order valence-corrected chi connectivity index (χ4v) is 1.73. The number of hydrogen-bond donors (Lipinski definition) is 2. The highest BCUT2D eigenvalue weighted by atomic mass is 16.5. The lowest BCUT2D eigenvalue weighted by Crippen LogP contribution is -1.99. The van der Waals surface area contributed by atoms with Gasteiger partial charge in [0.25, 0.3) is 0 Å². The van der Waals surface area contributed by atoms with Crippen molar-refractivity contribution in [2.75, 3.05) is 7.11 Å². The number of phenolic OH excluding ortho intramolecular Hbond substituents is 1. The number of carboxylic acid groups (broad SMARTS) is 1. The molecule has 0 spiro atoms. The molecule has 0 aliphatic carbocycles. The van der Waals surface area contributed by atoms with Gasteiger partial charge in [-0.2, -0.15) is 0 Å². The van der Waals surface area contributed by atoms with E-state index in [1.165, 1.54) is 12.1 Å². The van der Waals surface area contributed by atoms with Gasteiger partial charge >= 0.3 is 5.97 Å². The van der Waals surface area contributed by atoms with Crippen molar-refractivity contribution in [2.45, 2.75) is 0 Å². The third-order valence-corrected chi connectivity index (χ3v) is 2.63. The van der Waals surface area contributed by atoms with E-state index in [9.17, 15) is 9.90 Å². The summed E-state index contributed by atoms with van der Waals surface area (Å²) in [6.07, 6.45) is 0. The first-order valence-corrected chi connectivity index (χ1v) is 5.32. The summed E-state index contributed by atoms with van der Waals surface area (Å²) in [5.74, 6) is -0.434. The first-order valence-electron chi connectivity index (χ1n) is 5.32. The standard InChI is InChI=1S/C14H12O4/c1-18-11-5-2-9(3-6-11)12-7-4-10(15)8-13(12)14(16)17/h2-8,15H,1H3,(H,16,17). The van der Waals surface area contributed by atoms with Crippen LogP contribution in [0.2, 0.25) is 0 Å². The van der Waals surface area contributed by atoms with Gasteiger partial charge in [0.05, 0.1) is 12.7 Å². The second-order valence-electron chi connectivity index (χ2n) is 3.76. The molecule has 0 aromatic heterocycles. The quantitative estimate of drug-likeness (QED) is 0.871. The average Bonchev–Trinajstić information content (AvgIpc) is 2.39. The van der Waals surface area contributed by atoms with Crippen molar-refractivity contribution >= 4 is 5.97 Å². The van der Waals surface area contributed by atoms with Gasteiger partial charge in [0, 0.05) is 0 Å². The molecule has 2 rings (SSSR count). The molecule has 18 heavy (non-hydrogen) atoms. The largest absolute Gasteiger partial charge is 0.508 e. The van der Waals surface area contributed by atoms with E-state index in [-0.39, 0.29) is 11.3 Å². The van der Waals surface area contributed by atoms with Crippen molar-refractivity contribution < 1.29 is 19.7 Å². The Labute approximate surface area is 104 Å². The Morgan fingerprint density at radius 2 is 1.78 bits per heavy atom. The number of phenols is 1. The number of aromatic hydroxyl groups is 1. The number of carbonyl (C=O) groups is 1. The number of aromatic carboxylic acids is 1. The molecule has 0 amide bonds. The highest BCUT2D eigenvalue weighted by Crippen LogP contribution is 2.28. The second kappa shape index (κ2) is 4.79. The number of carboxylic acids is 1. The summed E-state index contributed by atoms with van der Waals surface area (Å²) in [4.78, 5) is 11.1. The summed E-state index contributed by atoms with van der Waals surface area (Å²) in [5.41, 5.74) is 1.39. The molecule has 2 aromatic carbocycles. The minimum absolute atomic E-state index is 0.0651. The monoisotopic (exact) mass is 244 g/mol. The molecular weight excluding hydrogens is 232 g/mol. The van der Waals surface area contributed by atoms with Crippen LogP contribution in [0.3, 0.4) is 0 Å². The van der Waals surface area contributed by atoms with Gasteiger partial charge in [-0.15, -0.1) is 0 Å². The molecule has 0 fully saturated rings. The highest BCUT2D eigenvalue weighted by molar-refractivity contribution is 5.96. The normalized spacial score (nSPS) is 10.1. The second-order valence-corrected chi connectivity index (χ2v) is 3.76. The predicted molar refractivity (Wildman–Crippen MR) is 67.1 cm³/mol. The first-order chi connectivity index (χ1) is 8.61. The lowest BCUT2D eigenvalue weighted by atomic mass is 9.99. The fourth-order valence-electron chi connectivity index (χ4n) is 1.73. The van der Waals surface area contributed by atoms with Crippen LogP contribution in [0.25, 0.3) is 11.1 Å². The van der Waals surface area contributed by atoms with Crippen molar-refractivity contribution in [1.29, 1.82) is 0 Å². The van der Waals surface area contributed by atoms with Crippen molar-refractivity contribution in [3.8, 4) is 22.6 Å². The molecule has 2 N–H and O–H groups in total. The lowest BCUT2D eigenvalue weighted by Gasteiger charge is -2.07. The Kier molecular flexibility index (Phi) is 3.19. The number of ether oxygens (including phenoxy) is 1. The number of methoxy groups -OCH3 is 1. The maximum absolute atomic E-state index is 11.1. The van der Waals surface area contributed by atoms with Crippen LogP contribution in [0, 0.1) is 0 Å². The van der Waals surface area contributed by atoms with Gasteiger partial charge in [-0.1, -0.05) is 12.1 Å². The molecule has 92 valence electrons. The van der Waals surface area contributed by atoms with Gasteiger partial charge in [0.2, 0.25) is 0 Å². The van der Waals surface area contributed by atoms with E-state index < -0.39 is 5.97 Å². The van der Waals surface area contributed by atoms with Crippen LogP contribution in [0.1, 0.15) is 10.4 Å². The summed E-state index contributed by atoms with van der Waals surface area (Å²) < 4.78 is 5.05. The Hall–Kier alpha value is -2.49. The minimum atomic E-state index is -1.07. The zero-order chi connectivity index (χ0) is 13.1. The highest BCUT2D eigenvalue weighted by Gasteiger charge is 2.12. The molecule has 0 saturated heterocycles. The van der Waals surface area contributed by atoms with Crippen molar-refractivity contribution in [1.82, 2.24) is 0 Å². The Morgan fingerprint density at radius 3 is 2.33 bits per heavy atom. The van der Waals surface area contributed by atoms with E-state index in [0.29, 0.717) is 11.3 Å². The van der Waals surface area contributed by atoms with E-state index >= 15 is 0 Å². The third-order valence-electron chi connectivity index (χ3n) is 2.63. The van der Waals surface area contributed by atoms with Crippen LogP contribution in [0.5, 0.6) is 11.5 Å². The fraction of sp³-hybridized carbons (Fsp3) is 0.0714. The zero-order valence-corrected chi connectivity index (χ0v) is 9.75. The number of benzene rings is 2. The molecule has 0 unspecified atom stereocenters. The summed E-state index contributed by atoms with van der Waals surface area (Å²) in [6, 6.07) is 11.4. The van der Waals surface area contributed by atoms with Crippen LogP contribution in [0.15, 0.2) is 42.5 Å². The van der Waals surface area contributed by atoms with E-state index in [0.717, 1.165) is 5.56 Å². The Balaban J connectivity index is 2.52. The topological polar surface area (TPSA) is 66.8 Å². The molecule has 2 aromatic rings.